The fraction of sp³-hybridized carbons (Fsp3) is 0.450. The van der Waals surface area contributed by atoms with Crippen LogP contribution in [-0.4, -0.2) is 37.0 Å². The molecule has 1 aliphatic heterocycles. The molecule has 0 saturated carbocycles. The molecule has 1 saturated heterocycles. The average molecular weight is 359 g/mol. The smallest absolute Gasteiger partial charge is 0.257 e. The number of rotatable bonds is 7. The minimum absolute atomic E-state index is 0.0380. The van der Waals surface area contributed by atoms with Crippen LogP contribution >= 0.6 is 11.3 Å². The molecule has 134 valence electrons. The molecule has 1 aromatic carbocycles. The van der Waals surface area contributed by atoms with Crippen LogP contribution in [0.15, 0.2) is 41.1 Å². The van der Waals surface area contributed by atoms with Gasteiger partial charge in [0, 0.05) is 13.1 Å². The highest BCUT2D eigenvalue weighted by atomic mass is 32.1. The zero-order valence-corrected chi connectivity index (χ0v) is 15.6. The summed E-state index contributed by atoms with van der Waals surface area (Å²) in [4.78, 5) is 14.5. The zero-order valence-electron chi connectivity index (χ0n) is 14.7. The van der Waals surface area contributed by atoms with Crippen LogP contribution in [-0.2, 0) is 11.3 Å². The standard InChI is InChI=1S/C20H26N2O2S/c1-16-4-2-3-5-19(16)24-14-20(23)21-12-17-6-9-22(10-7-17)13-18-8-11-25-15-18/h2-5,8,11,15,17H,6-7,9-10,12-14H2,1H3,(H,21,23). The molecule has 0 aliphatic carbocycles. The lowest BCUT2D eigenvalue weighted by atomic mass is 9.96. The van der Waals surface area contributed by atoms with Gasteiger partial charge in [-0.1, -0.05) is 18.2 Å². The summed E-state index contributed by atoms with van der Waals surface area (Å²) in [5.74, 6) is 1.31. The van der Waals surface area contributed by atoms with Crippen molar-refractivity contribution in [1.82, 2.24) is 10.2 Å². The van der Waals surface area contributed by atoms with E-state index in [1.54, 1.807) is 11.3 Å². The van der Waals surface area contributed by atoms with E-state index in [-0.39, 0.29) is 12.5 Å². The number of nitrogens with one attached hydrogen (secondary N) is 1. The van der Waals surface area contributed by atoms with Crippen molar-refractivity contribution in [2.24, 2.45) is 5.92 Å². The maximum atomic E-state index is 12.0. The van der Waals surface area contributed by atoms with Gasteiger partial charge >= 0.3 is 0 Å². The van der Waals surface area contributed by atoms with Crippen molar-refractivity contribution in [2.75, 3.05) is 26.2 Å². The number of nitrogens with zero attached hydrogens (tertiary/aromatic N) is 1. The van der Waals surface area contributed by atoms with Gasteiger partial charge < -0.3 is 10.1 Å². The van der Waals surface area contributed by atoms with Gasteiger partial charge in [0.15, 0.2) is 6.61 Å². The van der Waals surface area contributed by atoms with Gasteiger partial charge in [-0.05, 0) is 72.8 Å². The number of carbonyl (C=O) groups excluding carboxylic acids is 1. The van der Waals surface area contributed by atoms with Crippen LogP contribution in [0.5, 0.6) is 5.75 Å². The number of ether oxygens (including phenoxy) is 1. The number of benzene rings is 1. The van der Waals surface area contributed by atoms with E-state index in [2.05, 4.69) is 27.0 Å². The minimum Gasteiger partial charge on any atom is -0.484 e. The molecular weight excluding hydrogens is 332 g/mol. The average Bonchev–Trinajstić information content (AvgIpc) is 3.13. The molecule has 0 atom stereocenters. The second kappa shape index (κ2) is 9.02. The molecule has 1 fully saturated rings. The first-order valence-electron chi connectivity index (χ1n) is 8.89. The normalized spacial score (nSPS) is 15.9. The highest BCUT2D eigenvalue weighted by Crippen LogP contribution is 2.19. The first-order chi connectivity index (χ1) is 12.2. The Bertz CT molecular complexity index is 664. The number of aryl methyl sites for hydroxylation is 1. The zero-order chi connectivity index (χ0) is 17.5. The number of piperidine rings is 1. The Hall–Kier alpha value is -1.85. The molecule has 25 heavy (non-hydrogen) atoms. The topological polar surface area (TPSA) is 41.6 Å². The van der Waals surface area contributed by atoms with E-state index in [1.807, 2.05) is 31.2 Å². The predicted octanol–water partition coefficient (Wildman–Crippen LogP) is 3.46. The number of likely N-dealkylation sites (tertiary alicyclic amines) is 1. The Morgan fingerprint density at radius 3 is 2.80 bits per heavy atom. The van der Waals surface area contributed by atoms with Crippen LogP contribution in [0.1, 0.15) is 24.0 Å². The summed E-state index contributed by atoms with van der Waals surface area (Å²) in [6.45, 7) is 6.08. The van der Waals surface area contributed by atoms with Crippen molar-refractivity contribution in [3.63, 3.8) is 0 Å². The monoisotopic (exact) mass is 358 g/mol. The summed E-state index contributed by atoms with van der Waals surface area (Å²) >= 11 is 1.76. The Morgan fingerprint density at radius 1 is 1.28 bits per heavy atom. The van der Waals surface area contributed by atoms with Crippen molar-refractivity contribution in [1.29, 1.82) is 0 Å². The largest absolute Gasteiger partial charge is 0.484 e. The fourth-order valence-corrected chi connectivity index (χ4v) is 3.82. The molecular formula is C20H26N2O2S. The lowest BCUT2D eigenvalue weighted by Crippen LogP contribution is -2.39. The second-order valence-corrected chi connectivity index (χ2v) is 7.49. The van der Waals surface area contributed by atoms with E-state index >= 15 is 0 Å². The van der Waals surface area contributed by atoms with Crippen molar-refractivity contribution >= 4 is 17.2 Å². The van der Waals surface area contributed by atoms with Gasteiger partial charge in [0.25, 0.3) is 5.91 Å². The third-order valence-electron chi connectivity index (χ3n) is 4.73. The Balaban J connectivity index is 1.32. The summed E-state index contributed by atoms with van der Waals surface area (Å²) < 4.78 is 5.59. The van der Waals surface area contributed by atoms with Gasteiger partial charge in [-0.3, -0.25) is 9.69 Å². The number of para-hydroxylation sites is 1. The SMILES string of the molecule is Cc1ccccc1OCC(=O)NCC1CCN(Cc2ccsc2)CC1. The van der Waals surface area contributed by atoms with Gasteiger partial charge in [0.1, 0.15) is 5.75 Å². The molecule has 3 rings (SSSR count). The molecule has 1 aliphatic rings. The minimum atomic E-state index is -0.0380. The Morgan fingerprint density at radius 2 is 2.08 bits per heavy atom. The third kappa shape index (κ3) is 5.58. The van der Waals surface area contributed by atoms with Crippen LogP contribution in [0.4, 0.5) is 0 Å². The lowest BCUT2D eigenvalue weighted by Gasteiger charge is -2.31. The highest BCUT2D eigenvalue weighted by molar-refractivity contribution is 7.07. The van der Waals surface area contributed by atoms with E-state index in [4.69, 9.17) is 4.74 Å². The summed E-state index contributed by atoms with van der Waals surface area (Å²) in [7, 11) is 0. The van der Waals surface area contributed by atoms with Crippen molar-refractivity contribution in [2.45, 2.75) is 26.3 Å². The van der Waals surface area contributed by atoms with Crippen LogP contribution in [0, 0.1) is 12.8 Å². The number of carbonyl (C=O) groups is 1. The molecule has 2 aromatic rings. The summed E-state index contributed by atoms with van der Waals surface area (Å²) in [6, 6.07) is 9.96. The van der Waals surface area contributed by atoms with Gasteiger partial charge in [0.2, 0.25) is 0 Å². The second-order valence-electron chi connectivity index (χ2n) is 6.71. The Kier molecular flexibility index (Phi) is 6.48. The number of hydrogen-bond donors (Lipinski definition) is 1. The van der Waals surface area contributed by atoms with E-state index in [1.165, 1.54) is 5.56 Å². The van der Waals surface area contributed by atoms with Gasteiger partial charge in [-0.2, -0.15) is 11.3 Å². The van der Waals surface area contributed by atoms with E-state index < -0.39 is 0 Å². The number of thiophene rings is 1. The number of hydrogen-bond acceptors (Lipinski definition) is 4. The van der Waals surface area contributed by atoms with Crippen molar-refractivity contribution in [3.05, 3.63) is 52.2 Å². The van der Waals surface area contributed by atoms with Gasteiger partial charge in [0.05, 0.1) is 0 Å². The molecule has 1 aromatic heterocycles. The maximum absolute atomic E-state index is 12.0. The molecule has 2 heterocycles. The summed E-state index contributed by atoms with van der Waals surface area (Å²) in [6.07, 6.45) is 2.28. The van der Waals surface area contributed by atoms with E-state index in [0.717, 1.165) is 50.3 Å². The highest BCUT2D eigenvalue weighted by Gasteiger charge is 2.20. The fourth-order valence-electron chi connectivity index (χ4n) is 3.16. The molecule has 5 heteroatoms. The lowest BCUT2D eigenvalue weighted by molar-refractivity contribution is -0.123. The first kappa shape index (κ1) is 18.0. The first-order valence-corrected chi connectivity index (χ1v) is 9.83. The van der Waals surface area contributed by atoms with Crippen LogP contribution in [0.25, 0.3) is 0 Å². The van der Waals surface area contributed by atoms with Crippen LogP contribution in [0.2, 0.25) is 0 Å². The molecule has 1 amide bonds. The van der Waals surface area contributed by atoms with E-state index in [0.29, 0.717) is 5.92 Å². The Labute approximate surface area is 153 Å². The predicted molar refractivity (Wildman–Crippen MR) is 102 cm³/mol. The van der Waals surface area contributed by atoms with Crippen molar-refractivity contribution < 1.29 is 9.53 Å². The van der Waals surface area contributed by atoms with Crippen molar-refractivity contribution in [3.8, 4) is 5.75 Å². The third-order valence-corrected chi connectivity index (χ3v) is 5.47. The molecule has 4 nitrogen and oxygen atoms in total. The van der Waals surface area contributed by atoms with Gasteiger partial charge in [-0.25, -0.2) is 0 Å². The van der Waals surface area contributed by atoms with Gasteiger partial charge in [-0.15, -0.1) is 0 Å². The quantitative estimate of drug-likeness (QED) is 0.824. The molecule has 0 unspecified atom stereocenters. The van der Waals surface area contributed by atoms with E-state index in [9.17, 15) is 4.79 Å². The molecule has 1 N–H and O–H groups in total. The maximum Gasteiger partial charge on any atom is 0.257 e. The number of amides is 1. The molecule has 0 radical (unpaired) electrons. The molecule has 0 bridgehead atoms. The van der Waals surface area contributed by atoms with Crippen LogP contribution < -0.4 is 10.1 Å². The van der Waals surface area contributed by atoms with Crippen LogP contribution in [0.3, 0.4) is 0 Å². The molecule has 0 spiro atoms. The summed E-state index contributed by atoms with van der Waals surface area (Å²) in [5.41, 5.74) is 2.46. The summed E-state index contributed by atoms with van der Waals surface area (Å²) in [5, 5.41) is 7.38.